The van der Waals surface area contributed by atoms with Crippen molar-refractivity contribution in [2.45, 2.75) is 13.8 Å². The largest absolute Gasteiger partial charge is 0.318 e. The van der Waals surface area contributed by atoms with Crippen LogP contribution in [0.2, 0.25) is 5.02 Å². The summed E-state index contributed by atoms with van der Waals surface area (Å²) < 4.78 is 2.88. The van der Waals surface area contributed by atoms with Gasteiger partial charge in [-0.2, -0.15) is 0 Å². The molecule has 0 aliphatic heterocycles. The highest BCUT2D eigenvalue weighted by Gasteiger charge is 2.10. The van der Waals surface area contributed by atoms with E-state index in [9.17, 15) is 4.79 Å². The molecule has 0 bridgehead atoms. The molecule has 1 heterocycles. The van der Waals surface area contributed by atoms with Crippen molar-refractivity contribution in [3.05, 3.63) is 50.7 Å². The third-order valence-electron chi connectivity index (χ3n) is 2.76. The number of hydrogen-bond donors (Lipinski definition) is 0. The Morgan fingerprint density at radius 1 is 1.29 bits per heavy atom. The van der Waals surface area contributed by atoms with Crippen molar-refractivity contribution in [1.29, 1.82) is 0 Å². The molecule has 0 atom stereocenters. The topological polar surface area (TPSA) is 22.0 Å². The molecule has 2 aromatic rings. The minimum absolute atomic E-state index is 0.673. The summed E-state index contributed by atoms with van der Waals surface area (Å²) in [6, 6.07) is 7.59. The van der Waals surface area contributed by atoms with Gasteiger partial charge in [0.15, 0.2) is 6.29 Å². The molecule has 2 rings (SSSR count). The lowest BCUT2D eigenvalue weighted by atomic mass is 10.2. The summed E-state index contributed by atoms with van der Waals surface area (Å²) in [5.41, 5.74) is 3.67. The highest BCUT2D eigenvalue weighted by molar-refractivity contribution is 9.10. The van der Waals surface area contributed by atoms with E-state index in [2.05, 4.69) is 15.9 Å². The van der Waals surface area contributed by atoms with Crippen molar-refractivity contribution in [2.24, 2.45) is 0 Å². The molecular formula is C13H11BrClNO. The Kier molecular flexibility index (Phi) is 3.40. The van der Waals surface area contributed by atoms with Crippen LogP contribution in [0.4, 0.5) is 0 Å². The highest BCUT2D eigenvalue weighted by atomic mass is 79.9. The van der Waals surface area contributed by atoms with Crippen LogP contribution >= 0.6 is 27.5 Å². The van der Waals surface area contributed by atoms with Crippen LogP contribution in [-0.2, 0) is 0 Å². The van der Waals surface area contributed by atoms with E-state index in [-0.39, 0.29) is 0 Å². The van der Waals surface area contributed by atoms with Crippen molar-refractivity contribution in [1.82, 2.24) is 4.57 Å². The number of carbonyl (C=O) groups excluding carboxylic acids is 1. The lowest BCUT2D eigenvalue weighted by Crippen LogP contribution is -1.99. The molecule has 1 aromatic heterocycles. The zero-order valence-corrected chi connectivity index (χ0v) is 11.8. The predicted molar refractivity (Wildman–Crippen MR) is 73.3 cm³/mol. The lowest BCUT2D eigenvalue weighted by molar-refractivity contribution is 0.112. The van der Waals surface area contributed by atoms with E-state index in [1.165, 1.54) is 0 Å². The van der Waals surface area contributed by atoms with E-state index in [1.807, 2.05) is 42.7 Å². The second kappa shape index (κ2) is 4.67. The molecule has 1 aromatic carbocycles. The molecule has 0 N–H and O–H groups in total. The molecule has 0 aliphatic rings. The number of aryl methyl sites for hydroxylation is 1. The molecule has 4 heteroatoms. The number of benzene rings is 1. The third-order valence-corrected chi connectivity index (χ3v) is 3.97. The predicted octanol–water partition coefficient (Wildman–Crippen LogP) is 4.32. The molecule has 88 valence electrons. The first kappa shape index (κ1) is 12.4. The third kappa shape index (κ3) is 2.17. The summed E-state index contributed by atoms with van der Waals surface area (Å²) >= 11 is 9.37. The van der Waals surface area contributed by atoms with Gasteiger partial charge in [-0.15, -0.1) is 0 Å². The SMILES string of the molecule is Cc1cc(C=O)c(C)n1-c1ccc(Cl)c(Br)c1. The molecule has 0 unspecified atom stereocenters. The molecule has 0 fully saturated rings. The van der Waals surface area contributed by atoms with Crippen LogP contribution in [0, 0.1) is 13.8 Å². The average Bonchev–Trinajstić information content (AvgIpc) is 2.58. The number of aldehydes is 1. The molecule has 0 saturated carbocycles. The molecule has 0 saturated heterocycles. The number of aromatic nitrogens is 1. The summed E-state index contributed by atoms with van der Waals surface area (Å²) in [5, 5.41) is 0.673. The molecule has 2 nitrogen and oxygen atoms in total. The van der Waals surface area contributed by atoms with Gasteiger partial charge < -0.3 is 4.57 Å². The molecule has 17 heavy (non-hydrogen) atoms. The van der Waals surface area contributed by atoms with Gasteiger partial charge in [-0.05, 0) is 54.0 Å². The fourth-order valence-electron chi connectivity index (χ4n) is 1.93. The number of nitrogens with zero attached hydrogens (tertiary/aromatic N) is 1. The van der Waals surface area contributed by atoms with Gasteiger partial charge in [-0.25, -0.2) is 0 Å². The Balaban J connectivity index is 2.63. The zero-order valence-electron chi connectivity index (χ0n) is 9.50. The van der Waals surface area contributed by atoms with Crippen LogP contribution in [-0.4, -0.2) is 10.9 Å². The summed E-state index contributed by atoms with van der Waals surface area (Å²) in [6.45, 7) is 3.90. The molecule has 0 aliphatic carbocycles. The van der Waals surface area contributed by atoms with Crippen molar-refractivity contribution in [3.8, 4) is 5.69 Å². The minimum Gasteiger partial charge on any atom is -0.318 e. The van der Waals surface area contributed by atoms with Crippen LogP contribution in [0.25, 0.3) is 5.69 Å². The van der Waals surface area contributed by atoms with Crippen LogP contribution in [0.15, 0.2) is 28.7 Å². The fourth-order valence-corrected chi connectivity index (χ4v) is 2.41. The number of hydrogen-bond acceptors (Lipinski definition) is 1. The van der Waals surface area contributed by atoms with Crippen LogP contribution in [0.5, 0.6) is 0 Å². The minimum atomic E-state index is 0.673. The first-order valence-corrected chi connectivity index (χ1v) is 6.31. The van der Waals surface area contributed by atoms with Crippen molar-refractivity contribution in [2.75, 3.05) is 0 Å². The van der Waals surface area contributed by atoms with Gasteiger partial charge >= 0.3 is 0 Å². The lowest BCUT2D eigenvalue weighted by Gasteiger charge is -2.10. The number of rotatable bonds is 2. The van der Waals surface area contributed by atoms with Crippen LogP contribution in [0.1, 0.15) is 21.7 Å². The normalized spacial score (nSPS) is 10.6. The molecule has 0 amide bonds. The van der Waals surface area contributed by atoms with E-state index in [1.54, 1.807) is 0 Å². The fraction of sp³-hybridized carbons (Fsp3) is 0.154. The van der Waals surface area contributed by atoms with Crippen LogP contribution in [0.3, 0.4) is 0 Å². The Morgan fingerprint density at radius 3 is 2.53 bits per heavy atom. The van der Waals surface area contributed by atoms with Crippen molar-refractivity contribution < 1.29 is 4.79 Å². The Bertz CT molecular complexity index is 589. The smallest absolute Gasteiger partial charge is 0.151 e. The van der Waals surface area contributed by atoms with Gasteiger partial charge in [0.25, 0.3) is 0 Å². The maximum Gasteiger partial charge on any atom is 0.151 e. The van der Waals surface area contributed by atoms with Gasteiger partial charge in [0.05, 0.1) is 5.02 Å². The summed E-state index contributed by atoms with van der Waals surface area (Å²) in [4.78, 5) is 10.9. The first-order valence-electron chi connectivity index (χ1n) is 5.14. The Hall–Kier alpha value is -1.06. The maximum absolute atomic E-state index is 10.9. The number of halogens is 2. The van der Waals surface area contributed by atoms with E-state index in [4.69, 9.17) is 11.6 Å². The highest BCUT2D eigenvalue weighted by Crippen LogP contribution is 2.27. The number of carbonyl (C=O) groups is 1. The summed E-state index contributed by atoms with van der Waals surface area (Å²) in [5.74, 6) is 0. The van der Waals surface area contributed by atoms with Gasteiger partial charge in [0, 0.05) is 27.1 Å². The van der Waals surface area contributed by atoms with Crippen molar-refractivity contribution in [3.63, 3.8) is 0 Å². The second-order valence-electron chi connectivity index (χ2n) is 3.88. The van der Waals surface area contributed by atoms with Crippen LogP contribution < -0.4 is 0 Å². The zero-order chi connectivity index (χ0) is 12.6. The van der Waals surface area contributed by atoms with E-state index in [0.717, 1.165) is 27.8 Å². The molecular weight excluding hydrogens is 302 g/mol. The van der Waals surface area contributed by atoms with Gasteiger partial charge in [-0.3, -0.25) is 4.79 Å². The van der Waals surface area contributed by atoms with Gasteiger partial charge in [-0.1, -0.05) is 11.6 Å². The molecule has 0 spiro atoms. The first-order chi connectivity index (χ1) is 8.04. The monoisotopic (exact) mass is 311 g/mol. The Labute approximate surface area is 113 Å². The van der Waals surface area contributed by atoms with Gasteiger partial charge in [0.1, 0.15) is 0 Å². The molecule has 0 radical (unpaired) electrons. The summed E-state index contributed by atoms with van der Waals surface area (Å²) in [6.07, 6.45) is 0.879. The van der Waals surface area contributed by atoms with E-state index >= 15 is 0 Å². The van der Waals surface area contributed by atoms with Gasteiger partial charge in [0.2, 0.25) is 0 Å². The summed E-state index contributed by atoms with van der Waals surface area (Å²) in [7, 11) is 0. The van der Waals surface area contributed by atoms with E-state index in [0.29, 0.717) is 10.6 Å². The standard InChI is InChI=1S/C13H11BrClNO/c1-8-5-10(7-17)9(2)16(8)11-3-4-13(15)12(14)6-11/h3-7H,1-2H3. The maximum atomic E-state index is 10.9. The van der Waals surface area contributed by atoms with E-state index < -0.39 is 0 Å². The Morgan fingerprint density at radius 2 is 2.00 bits per heavy atom. The van der Waals surface area contributed by atoms with Crippen molar-refractivity contribution >= 4 is 33.8 Å². The quantitative estimate of drug-likeness (QED) is 0.757. The second-order valence-corrected chi connectivity index (χ2v) is 5.14. The average molecular weight is 313 g/mol.